The second-order valence-corrected chi connectivity index (χ2v) is 6.60. The molecule has 0 aromatic heterocycles. The van der Waals surface area contributed by atoms with Gasteiger partial charge in [0.25, 0.3) is 0 Å². The Morgan fingerprint density at radius 3 is 2.53 bits per heavy atom. The monoisotopic (exact) mass is 268 g/mol. The number of hydrogen-bond donors (Lipinski definition) is 1. The molecule has 4 atom stereocenters. The van der Waals surface area contributed by atoms with Crippen LogP contribution in [-0.2, 0) is 9.53 Å². The van der Waals surface area contributed by atoms with Crippen molar-refractivity contribution >= 4 is 5.97 Å². The molecule has 2 rings (SSSR count). The Hall–Kier alpha value is -0.610. The van der Waals surface area contributed by atoms with E-state index in [2.05, 4.69) is 11.8 Å². The Kier molecular flexibility index (Phi) is 4.51. The maximum absolute atomic E-state index is 11.8. The van der Waals surface area contributed by atoms with Gasteiger partial charge in [0.1, 0.15) is 5.54 Å². The van der Waals surface area contributed by atoms with Gasteiger partial charge >= 0.3 is 5.97 Å². The van der Waals surface area contributed by atoms with Gasteiger partial charge in [0.2, 0.25) is 0 Å². The maximum Gasteiger partial charge on any atom is 0.325 e. The standard InChI is InChI=1S/C15H28N2O2/c1-4-19-14(18)15(3,16)8-11(2)17-9-12-6-5-7-13(12)10-17/h11-13H,4-10,16H2,1-3H3. The highest BCUT2D eigenvalue weighted by molar-refractivity contribution is 5.80. The fourth-order valence-corrected chi connectivity index (χ4v) is 3.75. The van der Waals surface area contributed by atoms with Gasteiger partial charge in [-0.3, -0.25) is 4.79 Å². The molecule has 1 aliphatic heterocycles. The summed E-state index contributed by atoms with van der Waals surface area (Å²) >= 11 is 0. The van der Waals surface area contributed by atoms with Crippen LogP contribution in [0.3, 0.4) is 0 Å². The first-order chi connectivity index (χ1) is 8.94. The van der Waals surface area contributed by atoms with Crippen molar-refractivity contribution < 1.29 is 9.53 Å². The Labute approximate surface area is 116 Å². The lowest BCUT2D eigenvalue weighted by molar-refractivity contribution is -0.149. The Morgan fingerprint density at radius 2 is 2.00 bits per heavy atom. The number of esters is 1. The molecule has 0 bridgehead atoms. The molecule has 0 aromatic carbocycles. The number of ether oxygens (including phenoxy) is 1. The third-order valence-electron chi connectivity index (χ3n) is 4.84. The summed E-state index contributed by atoms with van der Waals surface area (Å²) in [6.45, 7) is 8.56. The number of carbonyl (C=O) groups is 1. The summed E-state index contributed by atoms with van der Waals surface area (Å²) in [6.07, 6.45) is 4.83. The van der Waals surface area contributed by atoms with E-state index >= 15 is 0 Å². The van der Waals surface area contributed by atoms with E-state index in [9.17, 15) is 4.79 Å². The van der Waals surface area contributed by atoms with Crippen LogP contribution in [0.25, 0.3) is 0 Å². The topological polar surface area (TPSA) is 55.6 Å². The number of fused-ring (bicyclic) bond motifs is 1. The largest absolute Gasteiger partial charge is 0.465 e. The first-order valence-corrected chi connectivity index (χ1v) is 7.64. The van der Waals surface area contributed by atoms with E-state index < -0.39 is 5.54 Å². The minimum absolute atomic E-state index is 0.277. The highest BCUT2D eigenvalue weighted by atomic mass is 16.5. The van der Waals surface area contributed by atoms with Gasteiger partial charge in [0.05, 0.1) is 6.61 Å². The molecule has 2 N–H and O–H groups in total. The first-order valence-electron chi connectivity index (χ1n) is 7.64. The van der Waals surface area contributed by atoms with E-state index in [1.165, 1.54) is 32.4 Å². The minimum Gasteiger partial charge on any atom is -0.465 e. The van der Waals surface area contributed by atoms with Crippen LogP contribution in [0.4, 0.5) is 0 Å². The van der Waals surface area contributed by atoms with Gasteiger partial charge in [-0.2, -0.15) is 0 Å². The highest BCUT2D eigenvalue weighted by Crippen LogP contribution is 2.39. The fraction of sp³-hybridized carbons (Fsp3) is 0.933. The lowest BCUT2D eigenvalue weighted by atomic mass is 9.94. The summed E-state index contributed by atoms with van der Waals surface area (Å²) in [4.78, 5) is 14.4. The molecule has 1 saturated carbocycles. The summed E-state index contributed by atoms with van der Waals surface area (Å²) in [7, 11) is 0. The van der Waals surface area contributed by atoms with Crippen LogP contribution in [0.5, 0.6) is 0 Å². The van der Waals surface area contributed by atoms with Gasteiger partial charge < -0.3 is 15.4 Å². The average molecular weight is 268 g/mol. The van der Waals surface area contributed by atoms with E-state index in [4.69, 9.17) is 10.5 Å². The zero-order valence-corrected chi connectivity index (χ0v) is 12.5. The number of carbonyl (C=O) groups excluding carboxylic acids is 1. The predicted octanol–water partition coefficient (Wildman–Crippen LogP) is 1.78. The second kappa shape index (κ2) is 5.80. The quantitative estimate of drug-likeness (QED) is 0.772. The molecule has 0 amide bonds. The number of nitrogens with zero attached hydrogens (tertiary/aromatic N) is 1. The smallest absolute Gasteiger partial charge is 0.325 e. The normalized spacial score (nSPS) is 31.8. The predicted molar refractivity (Wildman–Crippen MR) is 75.7 cm³/mol. The van der Waals surface area contributed by atoms with Crippen LogP contribution in [0.1, 0.15) is 46.5 Å². The third kappa shape index (κ3) is 3.29. The first kappa shape index (κ1) is 14.8. The summed E-state index contributed by atoms with van der Waals surface area (Å²) in [5.74, 6) is 1.49. The molecule has 110 valence electrons. The molecule has 0 spiro atoms. The van der Waals surface area contributed by atoms with Crippen LogP contribution in [0, 0.1) is 11.8 Å². The van der Waals surface area contributed by atoms with E-state index in [1.54, 1.807) is 6.92 Å². The molecule has 1 aliphatic carbocycles. The third-order valence-corrected chi connectivity index (χ3v) is 4.84. The Morgan fingerprint density at radius 1 is 1.42 bits per heavy atom. The molecule has 2 fully saturated rings. The van der Waals surface area contributed by atoms with Crippen molar-refractivity contribution in [2.75, 3.05) is 19.7 Å². The molecule has 0 aromatic rings. The second-order valence-electron chi connectivity index (χ2n) is 6.60. The van der Waals surface area contributed by atoms with Crippen LogP contribution in [-0.4, -0.2) is 42.1 Å². The molecule has 4 heteroatoms. The molecule has 0 radical (unpaired) electrons. The number of likely N-dealkylation sites (tertiary alicyclic amines) is 1. The zero-order valence-electron chi connectivity index (χ0n) is 12.5. The maximum atomic E-state index is 11.8. The van der Waals surface area contributed by atoms with E-state index in [0.29, 0.717) is 19.1 Å². The molecule has 4 unspecified atom stereocenters. The van der Waals surface area contributed by atoms with Crippen molar-refractivity contribution in [3.63, 3.8) is 0 Å². The van der Waals surface area contributed by atoms with E-state index in [1.807, 2.05) is 6.92 Å². The number of nitrogens with two attached hydrogens (primary N) is 1. The highest BCUT2D eigenvalue weighted by Gasteiger charge is 2.40. The van der Waals surface area contributed by atoms with Crippen molar-refractivity contribution in [3.05, 3.63) is 0 Å². The van der Waals surface area contributed by atoms with Gasteiger partial charge in [0, 0.05) is 19.1 Å². The molecule has 2 aliphatic rings. The van der Waals surface area contributed by atoms with Crippen molar-refractivity contribution in [2.24, 2.45) is 17.6 Å². The lowest BCUT2D eigenvalue weighted by Crippen LogP contribution is -2.51. The van der Waals surface area contributed by atoms with E-state index in [0.717, 1.165) is 11.8 Å². The number of rotatable bonds is 5. The van der Waals surface area contributed by atoms with Crippen molar-refractivity contribution in [3.8, 4) is 0 Å². The molecule has 1 heterocycles. The molecular formula is C15H28N2O2. The average Bonchev–Trinajstić information content (AvgIpc) is 2.88. The van der Waals surface area contributed by atoms with E-state index in [-0.39, 0.29) is 5.97 Å². The summed E-state index contributed by atoms with van der Waals surface area (Å²) in [6, 6.07) is 0.352. The molecule has 4 nitrogen and oxygen atoms in total. The molecule has 19 heavy (non-hydrogen) atoms. The Balaban J connectivity index is 1.87. The summed E-state index contributed by atoms with van der Waals surface area (Å²) in [5.41, 5.74) is 5.26. The van der Waals surface area contributed by atoms with Crippen LogP contribution in [0.15, 0.2) is 0 Å². The van der Waals surface area contributed by atoms with Crippen molar-refractivity contribution in [1.82, 2.24) is 4.90 Å². The van der Waals surface area contributed by atoms with Gasteiger partial charge in [-0.15, -0.1) is 0 Å². The summed E-state index contributed by atoms with van der Waals surface area (Å²) in [5, 5.41) is 0. The fourth-order valence-electron chi connectivity index (χ4n) is 3.75. The lowest BCUT2D eigenvalue weighted by Gasteiger charge is -2.31. The Bertz CT molecular complexity index is 318. The zero-order chi connectivity index (χ0) is 14.0. The van der Waals surface area contributed by atoms with Crippen LogP contribution < -0.4 is 5.73 Å². The SMILES string of the molecule is CCOC(=O)C(C)(N)CC(C)N1CC2CCCC2C1. The minimum atomic E-state index is -0.868. The van der Waals surface area contributed by atoms with Gasteiger partial charge in [-0.1, -0.05) is 6.42 Å². The van der Waals surface area contributed by atoms with Crippen molar-refractivity contribution in [1.29, 1.82) is 0 Å². The molecular weight excluding hydrogens is 240 g/mol. The van der Waals surface area contributed by atoms with Gasteiger partial charge in [-0.05, 0) is 51.9 Å². The van der Waals surface area contributed by atoms with Crippen LogP contribution >= 0.6 is 0 Å². The van der Waals surface area contributed by atoms with Crippen molar-refractivity contribution in [2.45, 2.75) is 58.0 Å². The van der Waals surface area contributed by atoms with Crippen LogP contribution in [0.2, 0.25) is 0 Å². The molecule has 1 saturated heterocycles. The summed E-state index contributed by atoms with van der Waals surface area (Å²) < 4.78 is 5.06. The van der Waals surface area contributed by atoms with Gasteiger partial charge in [0.15, 0.2) is 0 Å². The van der Waals surface area contributed by atoms with Gasteiger partial charge in [-0.25, -0.2) is 0 Å². The number of hydrogen-bond acceptors (Lipinski definition) is 4.